The lowest BCUT2D eigenvalue weighted by atomic mass is 10.1. The highest BCUT2D eigenvalue weighted by Crippen LogP contribution is 2.19. The number of hydrogen-bond acceptors (Lipinski definition) is 3. The molecule has 0 aliphatic carbocycles. The lowest BCUT2D eigenvalue weighted by Crippen LogP contribution is -2.49. The van der Waals surface area contributed by atoms with Crippen LogP contribution in [0.5, 0.6) is 0 Å². The molecule has 1 aliphatic heterocycles. The Kier molecular flexibility index (Phi) is 4.54. The highest BCUT2D eigenvalue weighted by Gasteiger charge is 2.24. The van der Waals surface area contributed by atoms with Crippen LogP contribution in [-0.4, -0.2) is 59.2 Å². The summed E-state index contributed by atoms with van der Waals surface area (Å²) in [7, 11) is 0. The molecule has 1 amide bonds. The molecule has 4 rings (SSSR count). The summed E-state index contributed by atoms with van der Waals surface area (Å²) in [5, 5.41) is 0.968. The van der Waals surface area contributed by atoms with Gasteiger partial charge >= 0.3 is 0 Å². The molecule has 3 aromatic rings. The summed E-state index contributed by atoms with van der Waals surface area (Å²) < 4.78 is 0. The van der Waals surface area contributed by atoms with Crippen molar-refractivity contribution in [2.75, 3.05) is 32.7 Å². The molecule has 0 radical (unpaired) electrons. The third kappa shape index (κ3) is 3.26. The summed E-state index contributed by atoms with van der Waals surface area (Å²) >= 11 is 0. The van der Waals surface area contributed by atoms with E-state index in [1.165, 1.54) is 0 Å². The quantitative estimate of drug-likeness (QED) is 0.739. The minimum absolute atomic E-state index is 0.0632. The first kappa shape index (κ1) is 16.5. The van der Waals surface area contributed by atoms with Crippen LogP contribution in [0, 0.1) is 0 Å². The van der Waals surface area contributed by atoms with Crippen molar-refractivity contribution in [3.05, 3.63) is 71.9 Å². The molecular formula is C21H21N3O2. The van der Waals surface area contributed by atoms with Crippen LogP contribution in [0.1, 0.15) is 20.7 Å². The van der Waals surface area contributed by atoms with Gasteiger partial charge in [-0.05, 0) is 18.2 Å². The molecular weight excluding hydrogens is 326 g/mol. The number of ketones is 1. The fourth-order valence-corrected chi connectivity index (χ4v) is 3.46. The van der Waals surface area contributed by atoms with E-state index >= 15 is 0 Å². The predicted octanol–water partition coefficient (Wildman–Crippen LogP) is 2.81. The zero-order chi connectivity index (χ0) is 17.9. The molecule has 0 saturated carbocycles. The minimum atomic E-state index is 0.0632. The highest BCUT2D eigenvalue weighted by atomic mass is 16.2. The largest absolute Gasteiger partial charge is 0.360 e. The van der Waals surface area contributed by atoms with E-state index in [0.717, 1.165) is 22.0 Å². The molecule has 2 aromatic carbocycles. The van der Waals surface area contributed by atoms with E-state index in [2.05, 4.69) is 9.88 Å². The van der Waals surface area contributed by atoms with Gasteiger partial charge in [0, 0.05) is 54.4 Å². The van der Waals surface area contributed by atoms with Gasteiger partial charge in [0.25, 0.3) is 5.91 Å². The van der Waals surface area contributed by atoms with E-state index in [1.54, 1.807) is 6.20 Å². The molecule has 5 heteroatoms. The van der Waals surface area contributed by atoms with Crippen LogP contribution in [0.4, 0.5) is 0 Å². The predicted molar refractivity (Wildman–Crippen MR) is 101 cm³/mol. The standard InChI is InChI=1S/C21H21N3O2/c25-20(18-14-22-19-9-5-4-8-17(18)19)15-23-10-12-24(13-11-23)21(26)16-6-2-1-3-7-16/h1-9,14,22H,10-13,15H2. The second-order valence-corrected chi connectivity index (χ2v) is 6.61. The Morgan fingerprint density at radius 3 is 2.35 bits per heavy atom. The third-order valence-corrected chi connectivity index (χ3v) is 4.94. The van der Waals surface area contributed by atoms with Crippen molar-refractivity contribution >= 4 is 22.6 Å². The number of carbonyl (C=O) groups is 2. The number of aromatic nitrogens is 1. The van der Waals surface area contributed by atoms with Crippen molar-refractivity contribution in [1.82, 2.24) is 14.8 Å². The van der Waals surface area contributed by atoms with Crippen molar-refractivity contribution in [3.8, 4) is 0 Å². The molecule has 1 aromatic heterocycles. The number of fused-ring (bicyclic) bond motifs is 1. The van der Waals surface area contributed by atoms with E-state index in [0.29, 0.717) is 32.7 Å². The van der Waals surface area contributed by atoms with Crippen molar-refractivity contribution < 1.29 is 9.59 Å². The van der Waals surface area contributed by atoms with Crippen molar-refractivity contribution in [3.63, 3.8) is 0 Å². The summed E-state index contributed by atoms with van der Waals surface area (Å²) in [5.41, 5.74) is 2.44. The lowest BCUT2D eigenvalue weighted by molar-refractivity contribution is 0.0624. The molecule has 1 fully saturated rings. The number of amides is 1. The summed E-state index contributed by atoms with van der Waals surface area (Å²) in [6, 6.07) is 17.2. The molecule has 2 heterocycles. The number of nitrogens with one attached hydrogen (secondary N) is 1. The van der Waals surface area contributed by atoms with E-state index in [1.807, 2.05) is 59.5 Å². The average molecular weight is 347 g/mol. The molecule has 0 spiro atoms. The highest BCUT2D eigenvalue weighted by molar-refractivity contribution is 6.08. The number of nitrogens with zero attached hydrogens (tertiary/aromatic N) is 2. The van der Waals surface area contributed by atoms with Gasteiger partial charge in [0.2, 0.25) is 0 Å². The van der Waals surface area contributed by atoms with Crippen LogP contribution in [-0.2, 0) is 0 Å². The second-order valence-electron chi connectivity index (χ2n) is 6.61. The average Bonchev–Trinajstić information content (AvgIpc) is 3.13. The third-order valence-electron chi connectivity index (χ3n) is 4.94. The fourth-order valence-electron chi connectivity index (χ4n) is 3.46. The number of carbonyl (C=O) groups excluding carboxylic acids is 2. The zero-order valence-corrected chi connectivity index (χ0v) is 14.5. The van der Waals surface area contributed by atoms with E-state index < -0.39 is 0 Å². The van der Waals surface area contributed by atoms with Gasteiger partial charge in [0.1, 0.15) is 0 Å². The Morgan fingerprint density at radius 2 is 1.58 bits per heavy atom. The molecule has 5 nitrogen and oxygen atoms in total. The fraction of sp³-hybridized carbons (Fsp3) is 0.238. The van der Waals surface area contributed by atoms with E-state index in [9.17, 15) is 9.59 Å². The molecule has 1 N–H and O–H groups in total. The van der Waals surface area contributed by atoms with Gasteiger partial charge in [-0.15, -0.1) is 0 Å². The van der Waals surface area contributed by atoms with Crippen molar-refractivity contribution in [2.45, 2.75) is 0 Å². The van der Waals surface area contributed by atoms with Gasteiger partial charge in [-0.3, -0.25) is 14.5 Å². The summed E-state index contributed by atoms with van der Waals surface area (Å²) in [5.74, 6) is 0.179. The maximum atomic E-state index is 12.7. The number of aromatic amines is 1. The van der Waals surface area contributed by atoms with E-state index in [-0.39, 0.29) is 11.7 Å². The van der Waals surface area contributed by atoms with Crippen LogP contribution in [0.2, 0.25) is 0 Å². The van der Waals surface area contributed by atoms with Crippen LogP contribution in [0.25, 0.3) is 10.9 Å². The summed E-state index contributed by atoms with van der Waals surface area (Å²) in [4.78, 5) is 32.3. The maximum Gasteiger partial charge on any atom is 0.253 e. The van der Waals surface area contributed by atoms with Gasteiger partial charge in [-0.2, -0.15) is 0 Å². The van der Waals surface area contributed by atoms with Crippen LogP contribution in [0.15, 0.2) is 60.8 Å². The topological polar surface area (TPSA) is 56.4 Å². The number of para-hydroxylation sites is 1. The molecule has 1 saturated heterocycles. The summed E-state index contributed by atoms with van der Waals surface area (Å²) in [6.45, 7) is 3.11. The number of rotatable bonds is 4. The van der Waals surface area contributed by atoms with Gasteiger partial charge in [0.05, 0.1) is 6.54 Å². The Hall–Kier alpha value is -2.92. The smallest absolute Gasteiger partial charge is 0.253 e. The zero-order valence-electron chi connectivity index (χ0n) is 14.5. The normalized spacial score (nSPS) is 15.3. The molecule has 26 heavy (non-hydrogen) atoms. The molecule has 0 unspecified atom stereocenters. The van der Waals surface area contributed by atoms with Crippen LogP contribution < -0.4 is 0 Å². The first-order valence-corrected chi connectivity index (χ1v) is 8.88. The lowest BCUT2D eigenvalue weighted by Gasteiger charge is -2.34. The molecule has 0 atom stereocenters. The van der Waals surface area contributed by atoms with Gasteiger partial charge in [-0.25, -0.2) is 0 Å². The van der Waals surface area contributed by atoms with Gasteiger partial charge in [-0.1, -0.05) is 36.4 Å². The number of benzene rings is 2. The summed E-state index contributed by atoms with van der Waals surface area (Å²) in [6.07, 6.45) is 1.79. The second kappa shape index (κ2) is 7.14. The number of H-pyrrole nitrogens is 1. The number of hydrogen-bond donors (Lipinski definition) is 1. The minimum Gasteiger partial charge on any atom is -0.360 e. The monoisotopic (exact) mass is 347 g/mol. The van der Waals surface area contributed by atoms with Gasteiger partial charge < -0.3 is 9.88 Å². The first-order chi connectivity index (χ1) is 12.7. The SMILES string of the molecule is O=C(CN1CCN(C(=O)c2ccccc2)CC1)c1c[nH]c2ccccc12. The van der Waals surface area contributed by atoms with Crippen LogP contribution >= 0.6 is 0 Å². The Morgan fingerprint density at radius 1 is 0.885 bits per heavy atom. The van der Waals surface area contributed by atoms with Crippen molar-refractivity contribution in [1.29, 1.82) is 0 Å². The number of piperazine rings is 1. The Balaban J connectivity index is 1.36. The Labute approximate surface area is 152 Å². The maximum absolute atomic E-state index is 12.7. The van der Waals surface area contributed by atoms with Crippen molar-refractivity contribution in [2.24, 2.45) is 0 Å². The van der Waals surface area contributed by atoms with Gasteiger partial charge in [0.15, 0.2) is 5.78 Å². The first-order valence-electron chi connectivity index (χ1n) is 8.88. The molecule has 0 bridgehead atoms. The van der Waals surface area contributed by atoms with E-state index in [4.69, 9.17) is 0 Å². The Bertz CT molecular complexity index is 925. The molecule has 132 valence electrons. The molecule has 1 aliphatic rings. The van der Waals surface area contributed by atoms with Crippen LogP contribution in [0.3, 0.4) is 0 Å². The number of Topliss-reactive ketones (excluding diaryl/α,β-unsaturated/α-hetero) is 1.